The number of hydrogen-bond donors (Lipinski definition) is 1. The predicted molar refractivity (Wildman–Crippen MR) is 85.5 cm³/mol. The Hall–Kier alpha value is -2.89. The molecule has 0 saturated carbocycles. The third-order valence-electron chi connectivity index (χ3n) is 3.60. The van der Waals surface area contributed by atoms with Crippen molar-refractivity contribution in [3.8, 4) is 0 Å². The first kappa shape index (κ1) is 16.0. The van der Waals surface area contributed by atoms with Gasteiger partial charge in [0.25, 0.3) is 0 Å². The smallest absolute Gasteiger partial charge is 0.325 e. The van der Waals surface area contributed by atoms with E-state index in [1.165, 1.54) is 12.1 Å². The predicted octanol–water partition coefficient (Wildman–Crippen LogP) is 4.43. The maximum Gasteiger partial charge on any atom is 0.416 e. The Morgan fingerprint density at radius 2 is 1.79 bits per heavy atom. The van der Waals surface area contributed by atoms with Crippen molar-refractivity contribution >= 4 is 22.4 Å². The van der Waals surface area contributed by atoms with E-state index in [1.807, 2.05) is 6.07 Å². The molecule has 122 valence electrons. The van der Waals surface area contributed by atoms with Crippen LogP contribution in [0.4, 0.5) is 18.9 Å². The van der Waals surface area contributed by atoms with Crippen molar-refractivity contribution in [3.63, 3.8) is 0 Å². The largest absolute Gasteiger partial charge is 0.416 e. The minimum absolute atomic E-state index is 0.000389. The topological polar surface area (TPSA) is 42.0 Å². The maximum absolute atomic E-state index is 12.5. The van der Waals surface area contributed by atoms with Gasteiger partial charge in [0.05, 0.1) is 12.0 Å². The molecule has 0 atom stereocenters. The highest BCUT2D eigenvalue weighted by molar-refractivity contribution is 6.02. The molecular weight excluding hydrogens is 317 g/mol. The van der Waals surface area contributed by atoms with Crippen molar-refractivity contribution in [1.29, 1.82) is 0 Å². The van der Waals surface area contributed by atoms with Gasteiger partial charge < -0.3 is 5.32 Å². The second kappa shape index (κ2) is 6.31. The quantitative estimate of drug-likeness (QED) is 0.772. The van der Waals surface area contributed by atoms with Crippen LogP contribution in [-0.2, 0) is 17.4 Å². The van der Waals surface area contributed by atoms with E-state index in [4.69, 9.17) is 0 Å². The molecule has 1 N–H and O–H groups in total. The lowest BCUT2D eigenvalue weighted by Crippen LogP contribution is -2.15. The summed E-state index contributed by atoms with van der Waals surface area (Å²) in [5.41, 5.74) is 0.433. The van der Waals surface area contributed by atoms with Crippen LogP contribution in [-0.4, -0.2) is 10.9 Å². The fraction of sp³-hybridized carbons (Fsp3) is 0.111. The molecule has 0 unspecified atom stereocenters. The number of benzene rings is 2. The summed E-state index contributed by atoms with van der Waals surface area (Å²) in [5.74, 6) is -0.293. The van der Waals surface area contributed by atoms with Gasteiger partial charge in [-0.15, -0.1) is 0 Å². The Bertz CT molecular complexity index is 868. The molecule has 0 fully saturated rings. The highest BCUT2D eigenvalue weighted by Crippen LogP contribution is 2.29. The normalized spacial score (nSPS) is 11.5. The van der Waals surface area contributed by atoms with E-state index in [-0.39, 0.29) is 12.3 Å². The number of halogens is 3. The van der Waals surface area contributed by atoms with Gasteiger partial charge in [0.15, 0.2) is 0 Å². The number of amides is 1. The highest BCUT2D eigenvalue weighted by atomic mass is 19.4. The van der Waals surface area contributed by atoms with Crippen molar-refractivity contribution < 1.29 is 18.0 Å². The molecule has 0 saturated heterocycles. The van der Waals surface area contributed by atoms with E-state index in [1.54, 1.807) is 30.6 Å². The molecule has 1 aromatic heterocycles. The minimum atomic E-state index is -4.38. The monoisotopic (exact) mass is 330 g/mol. The first-order chi connectivity index (χ1) is 11.4. The molecule has 0 aliphatic carbocycles. The van der Waals surface area contributed by atoms with Crippen LogP contribution in [0.25, 0.3) is 10.8 Å². The third-order valence-corrected chi connectivity index (χ3v) is 3.60. The number of carbonyl (C=O) groups excluding carboxylic acids is 1. The Kier molecular flexibility index (Phi) is 4.20. The molecule has 0 spiro atoms. The molecular formula is C18H13F3N2O. The summed E-state index contributed by atoms with van der Waals surface area (Å²) in [6.45, 7) is 0. The zero-order chi connectivity index (χ0) is 17.2. The van der Waals surface area contributed by atoms with Gasteiger partial charge in [0.2, 0.25) is 5.91 Å². The molecule has 3 rings (SSSR count). The van der Waals surface area contributed by atoms with Crippen molar-refractivity contribution in [3.05, 3.63) is 72.1 Å². The summed E-state index contributed by atoms with van der Waals surface area (Å²) >= 11 is 0. The molecule has 3 aromatic rings. The van der Waals surface area contributed by atoms with Gasteiger partial charge in [-0.2, -0.15) is 13.2 Å². The third kappa shape index (κ3) is 3.53. The van der Waals surface area contributed by atoms with Crippen LogP contribution in [0.1, 0.15) is 11.1 Å². The van der Waals surface area contributed by atoms with Crippen LogP contribution in [0, 0.1) is 0 Å². The molecule has 6 heteroatoms. The van der Waals surface area contributed by atoms with Crippen LogP contribution in [0.2, 0.25) is 0 Å². The van der Waals surface area contributed by atoms with Gasteiger partial charge in [-0.1, -0.05) is 24.3 Å². The van der Waals surface area contributed by atoms with E-state index >= 15 is 0 Å². The van der Waals surface area contributed by atoms with Gasteiger partial charge in [0.1, 0.15) is 0 Å². The first-order valence-corrected chi connectivity index (χ1v) is 7.22. The summed E-state index contributed by atoms with van der Waals surface area (Å²) in [5, 5.41) is 4.54. The van der Waals surface area contributed by atoms with Gasteiger partial charge in [-0.3, -0.25) is 9.78 Å². The van der Waals surface area contributed by atoms with Crippen LogP contribution in [0.3, 0.4) is 0 Å². The van der Waals surface area contributed by atoms with Gasteiger partial charge in [0, 0.05) is 28.9 Å². The van der Waals surface area contributed by atoms with E-state index in [9.17, 15) is 18.0 Å². The first-order valence-electron chi connectivity index (χ1n) is 7.22. The summed E-state index contributed by atoms with van der Waals surface area (Å²) in [6.07, 6.45) is -1.05. The second-order valence-corrected chi connectivity index (χ2v) is 5.32. The second-order valence-electron chi connectivity index (χ2n) is 5.32. The number of anilines is 1. The number of alkyl halides is 3. The Morgan fingerprint density at radius 1 is 1.04 bits per heavy atom. The summed E-state index contributed by atoms with van der Waals surface area (Å²) in [7, 11) is 0. The van der Waals surface area contributed by atoms with Crippen LogP contribution >= 0.6 is 0 Å². The van der Waals surface area contributed by atoms with Crippen molar-refractivity contribution in [2.24, 2.45) is 0 Å². The zero-order valence-corrected chi connectivity index (χ0v) is 12.5. The molecule has 24 heavy (non-hydrogen) atoms. The van der Waals surface area contributed by atoms with Gasteiger partial charge in [-0.25, -0.2) is 0 Å². The lowest BCUT2D eigenvalue weighted by molar-refractivity contribution is -0.137. The summed E-state index contributed by atoms with van der Waals surface area (Å²) in [4.78, 5) is 16.2. The van der Waals surface area contributed by atoms with Crippen molar-refractivity contribution in [2.75, 3.05) is 5.32 Å². The number of nitrogens with zero attached hydrogens (tertiary/aromatic N) is 1. The van der Waals surface area contributed by atoms with Crippen LogP contribution in [0.15, 0.2) is 60.9 Å². The van der Waals surface area contributed by atoms with Gasteiger partial charge >= 0.3 is 6.18 Å². The molecule has 2 aromatic carbocycles. The molecule has 1 amide bonds. The molecule has 0 aliphatic rings. The number of hydrogen-bond acceptors (Lipinski definition) is 2. The average Bonchev–Trinajstić information content (AvgIpc) is 2.55. The fourth-order valence-electron chi connectivity index (χ4n) is 2.42. The average molecular weight is 330 g/mol. The van der Waals surface area contributed by atoms with Crippen molar-refractivity contribution in [1.82, 2.24) is 4.98 Å². The Labute approximate surface area is 136 Å². The molecule has 0 bridgehead atoms. The molecule has 3 nitrogen and oxygen atoms in total. The van der Waals surface area contributed by atoms with Crippen LogP contribution < -0.4 is 5.32 Å². The van der Waals surface area contributed by atoms with E-state index in [2.05, 4.69) is 10.3 Å². The zero-order valence-electron chi connectivity index (χ0n) is 12.5. The number of rotatable bonds is 3. The van der Waals surface area contributed by atoms with Crippen LogP contribution in [0.5, 0.6) is 0 Å². The molecule has 0 aliphatic heterocycles. The van der Waals surface area contributed by atoms with Gasteiger partial charge in [-0.05, 0) is 29.8 Å². The van der Waals surface area contributed by atoms with E-state index in [0.29, 0.717) is 11.3 Å². The number of carbonyl (C=O) groups is 1. The summed E-state index contributed by atoms with van der Waals surface area (Å²) < 4.78 is 37.6. The highest BCUT2D eigenvalue weighted by Gasteiger charge is 2.29. The molecule has 1 heterocycles. The van der Waals surface area contributed by atoms with E-state index < -0.39 is 11.7 Å². The SMILES string of the molecule is O=C(Cc1ccc(C(F)(F)F)cc1)Nc1cccc2cnccc12. The Morgan fingerprint density at radius 3 is 2.50 bits per heavy atom. The van der Waals surface area contributed by atoms with Crippen molar-refractivity contribution in [2.45, 2.75) is 12.6 Å². The Balaban J connectivity index is 1.73. The number of pyridine rings is 1. The minimum Gasteiger partial charge on any atom is -0.325 e. The van der Waals surface area contributed by atoms with E-state index in [0.717, 1.165) is 22.9 Å². The number of nitrogens with one attached hydrogen (secondary N) is 1. The number of aromatic nitrogens is 1. The lowest BCUT2D eigenvalue weighted by atomic mass is 10.1. The number of fused-ring (bicyclic) bond motifs is 1. The fourth-order valence-corrected chi connectivity index (χ4v) is 2.42. The standard InChI is InChI=1S/C18H13F3N2O/c19-18(20,21)14-6-4-12(5-7-14)10-17(24)23-16-3-1-2-13-11-22-9-8-15(13)16/h1-9,11H,10H2,(H,23,24). The summed E-state index contributed by atoms with van der Waals surface area (Å²) in [6, 6.07) is 11.8. The maximum atomic E-state index is 12.5. The lowest BCUT2D eigenvalue weighted by Gasteiger charge is -2.10. The molecule has 0 radical (unpaired) electrons.